The van der Waals surface area contributed by atoms with E-state index in [-0.39, 0.29) is 0 Å². The zero-order valence-electron chi connectivity index (χ0n) is 12.6. The molecule has 0 aliphatic heterocycles. The van der Waals surface area contributed by atoms with Gasteiger partial charge in [0.25, 0.3) is 0 Å². The Bertz CT molecular complexity index is 771. The van der Waals surface area contributed by atoms with Gasteiger partial charge in [-0.15, -0.1) is 0 Å². The molecule has 0 aliphatic carbocycles. The molecule has 3 rings (SSSR count). The molecule has 0 aromatic carbocycles. The van der Waals surface area contributed by atoms with Crippen LogP contribution < -0.4 is 5.32 Å². The van der Waals surface area contributed by atoms with Crippen LogP contribution in [0.4, 0.5) is 5.82 Å². The number of rotatable bonds is 4. The van der Waals surface area contributed by atoms with Crippen molar-refractivity contribution >= 4 is 5.82 Å². The van der Waals surface area contributed by atoms with Crippen LogP contribution in [-0.4, -0.2) is 19.9 Å². The maximum absolute atomic E-state index is 4.58. The molecule has 0 spiro atoms. The van der Waals surface area contributed by atoms with Crippen LogP contribution in [0.15, 0.2) is 49.1 Å². The van der Waals surface area contributed by atoms with Crippen molar-refractivity contribution < 1.29 is 0 Å². The van der Waals surface area contributed by atoms with Gasteiger partial charge in [0.05, 0.1) is 0 Å². The monoisotopic (exact) mass is 291 g/mol. The van der Waals surface area contributed by atoms with Crippen molar-refractivity contribution in [3.8, 4) is 11.4 Å². The molecule has 0 radical (unpaired) electrons. The van der Waals surface area contributed by atoms with E-state index in [1.807, 2.05) is 37.4 Å². The third-order valence-electron chi connectivity index (χ3n) is 3.39. The molecular weight excluding hydrogens is 274 g/mol. The summed E-state index contributed by atoms with van der Waals surface area (Å²) in [6.45, 7) is 4.73. The molecule has 3 heterocycles. The summed E-state index contributed by atoms with van der Waals surface area (Å²) in [5.74, 6) is 1.52. The van der Waals surface area contributed by atoms with Gasteiger partial charge in [-0.25, -0.2) is 9.97 Å². The standard InChI is InChI=1S/C17H17N5/c1-12-10-19-8-5-15(12)11-20-16-9-13(2)21-17(22-16)14-3-6-18-7-4-14/h3-10H,11H2,1-2H3,(H,20,21,22). The molecule has 3 aromatic rings. The predicted octanol–water partition coefficient (Wildman–Crippen LogP) is 3.16. The van der Waals surface area contributed by atoms with E-state index in [2.05, 4.69) is 32.2 Å². The van der Waals surface area contributed by atoms with Gasteiger partial charge in [0.1, 0.15) is 5.82 Å². The largest absolute Gasteiger partial charge is 0.366 e. The van der Waals surface area contributed by atoms with E-state index < -0.39 is 0 Å². The van der Waals surface area contributed by atoms with Gasteiger partial charge in [-0.2, -0.15) is 0 Å². The van der Waals surface area contributed by atoms with E-state index in [0.29, 0.717) is 12.4 Å². The quantitative estimate of drug-likeness (QED) is 0.800. The molecule has 0 fully saturated rings. The van der Waals surface area contributed by atoms with Crippen LogP contribution >= 0.6 is 0 Å². The number of pyridine rings is 2. The van der Waals surface area contributed by atoms with Gasteiger partial charge < -0.3 is 5.32 Å². The summed E-state index contributed by atoms with van der Waals surface area (Å²) < 4.78 is 0. The minimum atomic E-state index is 0.705. The number of nitrogens with zero attached hydrogens (tertiary/aromatic N) is 4. The third-order valence-corrected chi connectivity index (χ3v) is 3.39. The van der Waals surface area contributed by atoms with Crippen LogP contribution in [0.2, 0.25) is 0 Å². The lowest BCUT2D eigenvalue weighted by Crippen LogP contribution is -2.05. The van der Waals surface area contributed by atoms with E-state index in [1.54, 1.807) is 18.6 Å². The van der Waals surface area contributed by atoms with Crippen molar-refractivity contribution in [2.75, 3.05) is 5.32 Å². The molecule has 5 nitrogen and oxygen atoms in total. The van der Waals surface area contributed by atoms with Gasteiger partial charge in [-0.05, 0) is 43.2 Å². The van der Waals surface area contributed by atoms with Gasteiger partial charge in [0.2, 0.25) is 0 Å². The number of aryl methyl sites for hydroxylation is 2. The van der Waals surface area contributed by atoms with Crippen LogP contribution in [-0.2, 0) is 6.54 Å². The summed E-state index contributed by atoms with van der Waals surface area (Å²) in [7, 11) is 0. The first-order valence-electron chi connectivity index (χ1n) is 7.12. The highest BCUT2D eigenvalue weighted by Crippen LogP contribution is 2.17. The number of nitrogens with one attached hydrogen (secondary N) is 1. The zero-order valence-corrected chi connectivity index (χ0v) is 12.6. The highest BCUT2D eigenvalue weighted by atomic mass is 15.0. The first-order valence-corrected chi connectivity index (χ1v) is 7.12. The van der Waals surface area contributed by atoms with E-state index in [9.17, 15) is 0 Å². The normalized spacial score (nSPS) is 10.5. The lowest BCUT2D eigenvalue weighted by Gasteiger charge is -2.10. The Kier molecular flexibility index (Phi) is 4.05. The van der Waals surface area contributed by atoms with Crippen molar-refractivity contribution in [2.24, 2.45) is 0 Å². The predicted molar refractivity (Wildman–Crippen MR) is 86.3 cm³/mol. The minimum Gasteiger partial charge on any atom is -0.366 e. The van der Waals surface area contributed by atoms with Crippen molar-refractivity contribution in [3.63, 3.8) is 0 Å². The summed E-state index contributed by atoms with van der Waals surface area (Å²) >= 11 is 0. The van der Waals surface area contributed by atoms with Gasteiger partial charge in [0.15, 0.2) is 5.82 Å². The molecule has 0 saturated carbocycles. The first-order chi connectivity index (χ1) is 10.7. The Morgan fingerprint density at radius 1 is 0.955 bits per heavy atom. The highest BCUT2D eigenvalue weighted by Gasteiger charge is 2.05. The second-order valence-electron chi connectivity index (χ2n) is 5.11. The number of hydrogen-bond acceptors (Lipinski definition) is 5. The molecule has 0 amide bonds. The highest BCUT2D eigenvalue weighted by molar-refractivity contribution is 5.56. The smallest absolute Gasteiger partial charge is 0.161 e. The average molecular weight is 291 g/mol. The van der Waals surface area contributed by atoms with Crippen LogP contribution in [0.5, 0.6) is 0 Å². The summed E-state index contributed by atoms with van der Waals surface area (Å²) in [5.41, 5.74) is 4.25. The summed E-state index contributed by atoms with van der Waals surface area (Å²) in [6, 6.07) is 7.78. The molecule has 0 atom stereocenters. The van der Waals surface area contributed by atoms with Gasteiger partial charge in [0, 0.05) is 48.7 Å². The van der Waals surface area contributed by atoms with Crippen molar-refractivity contribution in [1.82, 2.24) is 19.9 Å². The van der Waals surface area contributed by atoms with E-state index >= 15 is 0 Å². The van der Waals surface area contributed by atoms with Crippen LogP contribution in [0.3, 0.4) is 0 Å². The average Bonchev–Trinajstić information content (AvgIpc) is 2.54. The maximum Gasteiger partial charge on any atom is 0.161 e. The molecule has 3 aromatic heterocycles. The fourth-order valence-corrected chi connectivity index (χ4v) is 2.18. The molecule has 1 N–H and O–H groups in total. The molecule has 0 saturated heterocycles. The topological polar surface area (TPSA) is 63.6 Å². The summed E-state index contributed by atoms with van der Waals surface area (Å²) in [6.07, 6.45) is 7.16. The zero-order chi connectivity index (χ0) is 15.4. The molecule has 0 bridgehead atoms. The Hall–Kier alpha value is -2.82. The van der Waals surface area contributed by atoms with Crippen LogP contribution in [0.1, 0.15) is 16.8 Å². The fourth-order valence-electron chi connectivity index (χ4n) is 2.18. The van der Waals surface area contributed by atoms with Gasteiger partial charge in [-0.3, -0.25) is 9.97 Å². The number of aromatic nitrogens is 4. The maximum atomic E-state index is 4.58. The molecule has 5 heteroatoms. The number of anilines is 1. The van der Waals surface area contributed by atoms with Gasteiger partial charge >= 0.3 is 0 Å². The molecule has 0 unspecified atom stereocenters. The minimum absolute atomic E-state index is 0.705. The Balaban J connectivity index is 1.83. The van der Waals surface area contributed by atoms with Crippen molar-refractivity contribution in [1.29, 1.82) is 0 Å². The molecule has 110 valence electrons. The summed E-state index contributed by atoms with van der Waals surface area (Å²) in [5, 5.41) is 3.36. The SMILES string of the molecule is Cc1cc(NCc2ccncc2C)nc(-c2ccncc2)n1. The second kappa shape index (κ2) is 6.30. The van der Waals surface area contributed by atoms with E-state index in [4.69, 9.17) is 0 Å². The van der Waals surface area contributed by atoms with Crippen LogP contribution in [0.25, 0.3) is 11.4 Å². The Labute approximate surface area is 129 Å². The van der Waals surface area contributed by atoms with Crippen LogP contribution in [0, 0.1) is 13.8 Å². The Morgan fingerprint density at radius 2 is 1.73 bits per heavy atom. The summed E-state index contributed by atoms with van der Waals surface area (Å²) in [4.78, 5) is 17.2. The lowest BCUT2D eigenvalue weighted by molar-refractivity contribution is 1.04. The van der Waals surface area contributed by atoms with Crippen molar-refractivity contribution in [2.45, 2.75) is 20.4 Å². The van der Waals surface area contributed by atoms with E-state index in [1.165, 1.54) is 5.56 Å². The third kappa shape index (κ3) is 3.25. The Morgan fingerprint density at radius 3 is 2.50 bits per heavy atom. The fraction of sp³-hybridized carbons (Fsp3) is 0.176. The molecule has 22 heavy (non-hydrogen) atoms. The lowest BCUT2D eigenvalue weighted by atomic mass is 10.1. The van der Waals surface area contributed by atoms with Gasteiger partial charge in [-0.1, -0.05) is 0 Å². The number of hydrogen-bond donors (Lipinski definition) is 1. The van der Waals surface area contributed by atoms with Crippen molar-refractivity contribution in [3.05, 3.63) is 65.9 Å². The first kappa shape index (κ1) is 14.1. The molecule has 0 aliphatic rings. The van der Waals surface area contributed by atoms with E-state index in [0.717, 1.165) is 22.6 Å². The second-order valence-corrected chi connectivity index (χ2v) is 5.11. The molecular formula is C17H17N5.